The van der Waals surface area contributed by atoms with Gasteiger partial charge in [-0.05, 0) is 66.7 Å². The van der Waals surface area contributed by atoms with Crippen molar-refractivity contribution in [2.45, 2.75) is 23.4 Å². The summed E-state index contributed by atoms with van der Waals surface area (Å²) in [6.07, 6.45) is 2.56. The number of thioether (sulfide) groups is 1. The zero-order valence-corrected chi connectivity index (χ0v) is 21.1. The first-order valence-electron chi connectivity index (χ1n) is 11.4. The minimum Gasteiger partial charge on any atom is -0.368 e. The molecule has 2 heterocycles. The number of anilines is 3. The van der Waals surface area contributed by atoms with E-state index in [4.69, 9.17) is 11.6 Å². The first-order valence-corrected chi connectivity index (χ1v) is 12.6. The van der Waals surface area contributed by atoms with E-state index in [1.165, 1.54) is 28.9 Å². The van der Waals surface area contributed by atoms with Gasteiger partial charge < -0.3 is 20.9 Å². The number of nitrogens with zero attached hydrogens (tertiary/aromatic N) is 3. The standard InChI is InChI=1S/C24H24ClF3N6O2S/c25-21-20(33-12-1-10-29-11-13-33)14-30-34(22(21)35)15-16-2-4-17(5-3-16)31-23(36)32-18-6-8-19(9-7-18)37-24(26,27)28/h2-9,14,29H,1,10-13,15H2,(H2,31,32,36). The molecule has 0 radical (unpaired) electrons. The number of alkyl halides is 3. The lowest BCUT2D eigenvalue weighted by Crippen LogP contribution is -2.32. The van der Waals surface area contributed by atoms with E-state index >= 15 is 0 Å². The second-order valence-corrected chi connectivity index (χ2v) is 9.76. The quantitative estimate of drug-likeness (QED) is 0.373. The fourth-order valence-corrected chi connectivity index (χ4v) is 4.58. The van der Waals surface area contributed by atoms with Crippen LogP contribution < -0.4 is 26.4 Å². The second kappa shape index (κ2) is 11.9. The van der Waals surface area contributed by atoms with Crippen molar-refractivity contribution in [2.24, 2.45) is 0 Å². The van der Waals surface area contributed by atoms with Gasteiger partial charge in [-0.1, -0.05) is 23.7 Å². The van der Waals surface area contributed by atoms with Gasteiger partial charge >= 0.3 is 11.5 Å². The maximum atomic E-state index is 12.8. The molecule has 1 fully saturated rings. The number of hydrogen-bond acceptors (Lipinski definition) is 6. The third kappa shape index (κ3) is 7.63. The molecule has 37 heavy (non-hydrogen) atoms. The van der Waals surface area contributed by atoms with Crippen LogP contribution in [0.4, 0.5) is 35.0 Å². The van der Waals surface area contributed by atoms with Gasteiger partial charge in [-0.2, -0.15) is 18.3 Å². The maximum Gasteiger partial charge on any atom is 0.446 e. The molecule has 4 rings (SSSR count). The number of carbonyl (C=O) groups is 1. The van der Waals surface area contributed by atoms with Gasteiger partial charge in [-0.3, -0.25) is 4.79 Å². The number of rotatable bonds is 6. The van der Waals surface area contributed by atoms with E-state index in [9.17, 15) is 22.8 Å². The average Bonchev–Trinajstić information content (AvgIpc) is 3.13. The predicted octanol–water partition coefficient (Wildman–Crippen LogP) is 5.00. The van der Waals surface area contributed by atoms with Crippen LogP contribution in [0.2, 0.25) is 5.02 Å². The van der Waals surface area contributed by atoms with Gasteiger partial charge in [-0.25, -0.2) is 9.48 Å². The van der Waals surface area contributed by atoms with E-state index in [-0.39, 0.29) is 33.8 Å². The summed E-state index contributed by atoms with van der Waals surface area (Å²) in [6, 6.07) is 11.6. The van der Waals surface area contributed by atoms with Crippen LogP contribution in [0.5, 0.6) is 0 Å². The van der Waals surface area contributed by atoms with Gasteiger partial charge in [0.25, 0.3) is 5.56 Å². The van der Waals surface area contributed by atoms with Crippen LogP contribution >= 0.6 is 23.4 Å². The number of hydrogen-bond donors (Lipinski definition) is 3. The Morgan fingerprint density at radius 2 is 1.68 bits per heavy atom. The predicted molar refractivity (Wildman–Crippen MR) is 140 cm³/mol. The lowest BCUT2D eigenvalue weighted by Gasteiger charge is -2.23. The van der Waals surface area contributed by atoms with Crippen LogP contribution in [0.3, 0.4) is 0 Å². The third-order valence-corrected chi connectivity index (χ3v) is 6.63. The van der Waals surface area contributed by atoms with E-state index < -0.39 is 11.5 Å². The molecular formula is C24H24ClF3N6O2S. The summed E-state index contributed by atoms with van der Waals surface area (Å²) in [5.74, 6) is 0. The smallest absolute Gasteiger partial charge is 0.368 e. The molecule has 3 N–H and O–H groups in total. The van der Waals surface area contributed by atoms with Crippen molar-refractivity contribution in [3.63, 3.8) is 0 Å². The van der Waals surface area contributed by atoms with E-state index in [2.05, 4.69) is 25.9 Å². The molecule has 1 aliphatic heterocycles. The van der Waals surface area contributed by atoms with Crippen LogP contribution in [0, 0.1) is 0 Å². The summed E-state index contributed by atoms with van der Waals surface area (Å²) in [7, 11) is 0. The minimum absolute atomic E-state index is 0.0258. The van der Waals surface area contributed by atoms with Crippen LogP contribution in [0.15, 0.2) is 64.4 Å². The number of amides is 2. The highest BCUT2D eigenvalue weighted by Crippen LogP contribution is 2.37. The van der Waals surface area contributed by atoms with Gasteiger partial charge in [0, 0.05) is 35.9 Å². The normalized spacial score (nSPS) is 14.2. The molecule has 2 amide bonds. The van der Waals surface area contributed by atoms with Crippen LogP contribution in [0.1, 0.15) is 12.0 Å². The summed E-state index contributed by atoms with van der Waals surface area (Å²) >= 11 is 6.17. The zero-order chi connectivity index (χ0) is 26.4. The summed E-state index contributed by atoms with van der Waals surface area (Å²) in [4.78, 5) is 27.1. The van der Waals surface area contributed by atoms with Crippen LogP contribution in [0.25, 0.3) is 0 Å². The maximum absolute atomic E-state index is 12.8. The first-order chi connectivity index (χ1) is 17.7. The molecule has 0 atom stereocenters. The van der Waals surface area contributed by atoms with Crippen molar-refractivity contribution in [1.29, 1.82) is 0 Å². The Kier molecular flexibility index (Phi) is 8.62. The number of aromatic nitrogens is 2. The van der Waals surface area contributed by atoms with Crippen molar-refractivity contribution in [1.82, 2.24) is 15.1 Å². The summed E-state index contributed by atoms with van der Waals surface area (Å²) in [5.41, 5.74) is -2.50. The first kappa shape index (κ1) is 26.8. The highest BCUT2D eigenvalue weighted by molar-refractivity contribution is 8.00. The van der Waals surface area contributed by atoms with Gasteiger partial charge in [0.1, 0.15) is 5.02 Å². The third-order valence-electron chi connectivity index (χ3n) is 5.54. The van der Waals surface area contributed by atoms with Gasteiger partial charge in [0.15, 0.2) is 0 Å². The van der Waals surface area contributed by atoms with E-state index in [0.29, 0.717) is 17.1 Å². The molecule has 8 nitrogen and oxygen atoms in total. The van der Waals surface area contributed by atoms with Crippen LogP contribution in [-0.4, -0.2) is 47.5 Å². The van der Waals surface area contributed by atoms with Gasteiger partial charge in [0.2, 0.25) is 0 Å². The number of carbonyl (C=O) groups excluding carboxylic acids is 1. The molecular weight excluding hydrogens is 529 g/mol. The fourth-order valence-electron chi connectivity index (χ4n) is 3.78. The SMILES string of the molecule is O=C(Nc1ccc(Cn2ncc(N3CCCNCC3)c(Cl)c2=O)cc1)Nc1ccc(SC(F)(F)F)cc1. The highest BCUT2D eigenvalue weighted by atomic mass is 35.5. The molecule has 1 aromatic heterocycles. The highest BCUT2D eigenvalue weighted by Gasteiger charge is 2.29. The molecule has 13 heteroatoms. The molecule has 0 aliphatic carbocycles. The number of nitrogens with one attached hydrogen (secondary N) is 3. The minimum atomic E-state index is -4.37. The van der Waals surface area contributed by atoms with Crippen molar-refractivity contribution >= 4 is 46.5 Å². The monoisotopic (exact) mass is 552 g/mol. The van der Waals surface area contributed by atoms with Crippen molar-refractivity contribution in [3.05, 3.63) is 75.7 Å². The number of halogens is 4. The van der Waals surface area contributed by atoms with Crippen LogP contribution in [-0.2, 0) is 6.54 Å². The Morgan fingerprint density at radius 1 is 1.03 bits per heavy atom. The molecule has 3 aromatic rings. The lowest BCUT2D eigenvalue weighted by atomic mass is 10.2. The molecule has 2 aromatic carbocycles. The van der Waals surface area contributed by atoms with Gasteiger partial charge in [-0.15, -0.1) is 0 Å². The van der Waals surface area contributed by atoms with Gasteiger partial charge in [0.05, 0.1) is 18.4 Å². The topological polar surface area (TPSA) is 91.3 Å². The molecule has 1 saturated heterocycles. The summed E-state index contributed by atoms with van der Waals surface area (Å²) in [5, 5.41) is 13.0. The largest absolute Gasteiger partial charge is 0.446 e. The average molecular weight is 553 g/mol. The van der Waals surface area contributed by atoms with E-state index in [0.717, 1.165) is 38.2 Å². The molecule has 0 unspecified atom stereocenters. The number of urea groups is 1. The summed E-state index contributed by atoms with van der Waals surface area (Å²) < 4.78 is 38.6. The fraction of sp³-hybridized carbons (Fsp3) is 0.292. The Balaban J connectivity index is 1.34. The van der Waals surface area contributed by atoms with E-state index in [1.807, 2.05) is 0 Å². The van der Waals surface area contributed by atoms with Crippen molar-refractivity contribution < 1.29 is 18.0 Å². The van der Waals surface area contributed by atoms with Crippen molar-refractivity contribution in [2.75, 3.05) is 41.7 Å². The molecule has 196 valence electrons. The van der Waals surface area contributed by atoms with Crippen molar-refractivity contribution in [3.8, 4) is 0 Å². The Bertz CT molecular complexity index is 1280. The number of benzene rings is 2. The van der Waals surface area contributed by atoms with E-state index in [1.54, 1.807) is 30.5 Å². The molecule has 1 aliphatic rings. The molecule has 0 spiro atoms. The lowest BCUT2D eigenvalue weighted by molar-refractivity contribution is -0.0328. The Morgan fingerprint density at radius 3 is 2.32 bits per heavy atom. The summed E-state index contributed by atoms with van der Waals surface area (Å²) in [6.45, 7) is 3.47. The molecule has 0 bridgehead atoms. The zero-order valence-electron chi connectivity index (χ0n) is 19.5. The Labute approximate surface area is 220 Å². The molecule has 0 saturated carbocycles. The Hall–Kier alpha value is -3.22. The second-order valence-electron chi connectivity index (χ2n) is 8.25.